The van der Waals surface area contributed by atoms with Gasteiger partial charge in [0, 0.05) is 6.04 Å². The summed E-state index contributed by atoms with van der Waals surface area (Å²) in [6.45, 7) is 4.77. The molecule has 2 aromatic heterocycles. The van der Waals surface area contributed by atoms with Crippen molar-refractivity contribution in [1.29, 1.82) is 0 Å². The number of amides is 1. The number of ether oxygens (including phenoxy) is 3. The third-order valence-corrected chi connectivity index (χ3v) is 8.28. The van der Waals surface area contributed by atoms with Gasteiger partial charge in [0.05, 0.1) is 41.8 Å². The normalized spacial score (nSPS) is 21.2. The smallest absolute Gasteiger partial charge is 0.255 e. The van der Waals surface area contributed by atoms with E-state index >= 15 is 0 Å². The minimum Gasteiger partial charge on any atom is -0.494 e. The topological polar surface area (TPSA) is 120 Å². The Morgan fingerprint density at radius 2 is 1.79 bits per heavy atom. The summed E-state index contributed by atoms with van der Waals surface area (Å²) >= 11 is 0. The van der Waals surface area contributed by atoms with E-state index in [1.807, 2.05) is 30.3 Å². The van der Waals surface area contributed by atoms with Gasteiger partial charge in [0.15, 0.2) is 0 Å². The van der Waals surface area contributed by atoms with Crippen molar-refractivity contribution in [2.24, 2.45) is 11.1 Å². The molecule has 9 nitrogen and oxygen atoms in total. The first kappa shape index (κ1) is 29.0. The Bertz CT molecular complexity index is 1560. The second-order valence-corrected chi connectivity index (χ2v) is 12.6. The molecule has 0 radical (unpaired) electrons. The van der Waals surface area contributed by atoms with Crippen molar-refractivity contribution in [3.8, 4) is 28.4 Å². The van der Waals surface area contributed by atoms with Crippen LogP contribution in [-0.2, 0) is 0 Å². The molecule has 4 N–H and O–H groups in total. The molecule has 2 aliphatic carbocycles. The van der Waals surface area contributed by atoms with Crippen LogP contribution >= 0.6 is 0 Å². The van der Waals surface area contributed by atoms with E-state index in [-0.39, 0.29) is 30.1 Å². The average Bonchev–Trinajstić information content (AvgIpc) is 3.38. The fourth-order valence-electron chi connectivity index (χ4n) is 6.12. The summed E-state index contributed by atoms with van der Waals surface area (Å²) in [5, 5.41) is 17.4. The molecule has 2 aromatic carbocycles. The summed E-state index contributed by atoms with van der Waals surface area (Å²) in [4.78, 5) is 13.0. The van der Waals surface area contributed by atoms with E-state index < -0.39 is 5.60 Å². The van der Waals surface area contributed by atoms with E-state index in [0.717, 1.165) is 54.7 Å². The van der Waals surface area contributed by atoms with Gasteiger partial charge in [-0.25, -0.2) is 4.52 Å². The van der Waals surface area contributed by atoms with Crippen LogP contribution in [0, 0.1) is 5.41 Å². The number of rotatable bonds is 12. The van der Waals surface area contributed by atoms with Crippen LogP contribution in [0.4, 0.5) is 0 Å². The molecule has 0 bridgehead atoms. The van der Waals surface area contributed by atoms with Crippen molar-refractivity contribution in [3.63, 3.8) is 0 Å². The maximum absolute atomic E-state index is 13.0. The van der Waals surface area contributed by atoms with Gasteiger partial charge >= 0.3 is 0 Å². The molecule has 2 aliphatic rings. The summed E-state index contributed by atoms with van der Waals surface area (Å²) in [7, 11) is 0. The van der Waals surface area contributed by atoms with Gasteiger partial charge in [0.25, 0.3) is 5.91 Å². The van der Waals surface area contributed by atoms with Crippen molar-refractivity contribution in [2.75, 3.05) is 19.8 Å². The number of nitrogens with one attached hydrogen (secondary N) is 1. The highest BCUT2D eigenvalue weighted by atomic mass is 16.5. The lowest BCUT2D eigenvalue weighted by Gasteiger charge is -2.57. The molecular weight excluding hydrogens is 544 g/mol. The Balaban J connectivity index is 0.957. The van der Waals surface area contributed by atoms with Crippen LogP contribution in [-0.4, -0.2) is 58.1 Å². The maximum atomic E-state index is 13.0. The zero-order chi connectivity index (χ0) is 30.0. The first-order chi connectivity index (χ1) is 20.7. The highest BCUT2D eigenvalue weighted by molar-refractivity contribution is 6.00. The number of aliphatic hydroxyl groups is 1. The molecule has 2 heterocycles. The largest absolute Gasteiger partial charge is 0.494 e. The monoisotopic (exact) mass is 584 g/mol. The first-order valence-electron chi connectivity index (χ1n) is 15.0. The van der Waals surface area contributed by atoms with Crippen molar-refractivity contribution in [2.45, 2.75) is 63.7 Å². The summed E-state index contributed by atoms with van der Waals surface area (Å²) in [6, 6.07) is 20.1. The van der Waals surface area contributed by atoms with Gasteiger partial charge in [-0.2, -0.15) is 5.10 Å². The van der Waals surface area contributed by atoms with E-state index in [2.05, 4.69) is 34.7 Å². The zero-order valence-corrected chi connectivity index (χ0v) is 24.8. The number of benzene rings is 2. The minimum atomic E-state index is -0.934. The van der Waals surface area contributed by atoms with Crippen LogP contribution in [0.5, 0.6) is 17.2 Å². The van der Waals surface area contributed by atoms with Gasteiger partial charge in [0.2, 0.25) is 0 Å². The van der Waals surface area contributed by atoms with Crippen LogP contribution in [0.25, 0.3) is 16.6 Å². The molecular formula is C34H40N4O5. The zero-order valence-electron chi connectivity index (χ0n) is 24.8. The van der Waals surface area contributed by atoms with Gasteiger partial charge in [-0.15, -0.1) is 0 Å². The molecule has 0 atom stereocenters. The fourth-order valence-corrected chi connectivity index (χ4v) is 6.12. The van der Waals surface area contributed by atoms with E-state index in [1.165, 1.54) is 0 Å². The fraction of sp³-hybridized carbons (Fsp3) is 0.412. The van der Waals surface area contributed by atoms with Gasteiger partial charge < -0.3 is 30.4 Å². The SMILES string of the molecule is CC(C)(O)COc1ccc2c(C(=O)NC3CC4(C3)CC(Oc3ccc(-c5cccc(OCCCN)c5)cc3)C4)cnn2c1. The van der Waals surface area contributed by atoms with Crippen LogP contribution in [0.1, 0.15) is 56.3 Å². The molecule has 1 spiro atoms. The quantitative estimate of drug-likeness (QED) is 0.201. The lowest BCUT2D eigenvalue weighted by atomic mass is 9.53. The Hall–Kier alpha value is -4.08. The molecule has 9 heteroatoms. The molecule has 0 aliphatic heterocycles. The Labute approximate surface area is 252 Å². The van der Waals surface area contributed by atoms with Crippen LogP contribution in [0.3, 0.4) is 0 Å². The Kier molecular flexibility index (Phi) is 8.03. The number of pyridine rings is 1. The molecule has 43 heavy (non-hydrogen) atoms. The summed E-state index contributed by atoms with van der Waals surface area (Å²) < 4.78 is 19.3. The third-order valence-electron chi connectivity index (χ3n) is 8.28. The van der Waals surface area contributed by atoms with E-state index in [1.54, 1.807) is 36.8 Å². The number of hydrogen-bond acceptors (Lipinski definition) is 7. The number of nitrogens with zero attached hydrogens (tertiary/aromatic N) is 2. The lowest BCUT2D eigenvalue weighted by Crippen LogP contribution is -2.58. The number of carbonyl (C=O) groups excluding carboxylic acids is 1. The van der Waals surface area contributed by atoms with Gasteiger partial charge in [-0.1, -0.05) is 24.3 Å². The molecule has 1 amide bonds. The van der Waals surface area contributed by atoms with Crippen molar-refractivity contribution >= 4 is 11.4 Å². The predicted octanol–water partition coefficient (Wildman–Crippen LogP) is 5.00. The van der Waals surface area contributed by atoms with E-state index in [0.29, 0.717) is 30.0 Å². The molecule has 2 fully saturated rings. The summed E-state index contributed by atoms with van der Waals surface area (Å²) in [5.41, 5.74) is 8.37. The highest BCUT2D eigenvalue weighted by Crippen LogP contribution is 2.56. The van der Waals surface area contributed by atoms with Crippen LogP contribution in [0.2, 0.25) is 0 Å². The van der Waals surface area contributed by atoms with Gasteiger partial charge in [0.1, 0.15) is 23.9 Å². The maximum Gasteiger partial charge on any atom is 0.255 e. The molecule has 0 unspecified atom stereocenters. The predicted molar refractivity (Wildman–Crippen MR) is 165 cm³/mol. The van der Waals surface area contributed by atoms with Crippen molar-refractivity contribution in [1.82, 2.24) is 14.9 Å². The standard InChI is InChI=1S/C34H40N4O5/c1-33(2,40)22-42-28-11-12-31-30(20-36-38(31)21-28)32(39)37-25-16-34(17-25)18-29(19-34)43-26-9-7-23(8-10-26)24-5-3-6-27(15-24)41-14-4-13-35/h3,5-12,15,20-21,25,29,40H,4,13-14,16-19,22,35H2,1-2H3,(H,37,39). The number of fused-ring (bicyclic) bond motifs is 1. The molecule has 226 valence electrons. The number of carbonyl (C=O) groups is 1. The van der Waals surface area contributed by atoms with Crippen molar-refractivity contribution < 1.29 is 24.1 Å². The third kappa shape index (κ3) is 6.78. The molecule has 4 aromatic rings. The number of nitrogens with two attached hydrogens (primary N) is 1. The van der Waals surface area contributed by atoms with E-state index in [4.69, 9.17) is 19.9 Å². The average molecular weight is 585 g/mol. The molecule has 6 rings (SSSR count). The van der Waals surface area contributed by atoms with E-state index in [9.17, 15) is 9.90 Å². The Morgan fingerprint density at radius 3 is 2.53 bits per heavy atom. The summed E-state index contributed by atoms with van der Waals surface area (Å²) in [6.07, 6.45) is 8.29. The summed E-state index contributed by atoms with van der Waals surface area (Å²) in [5.74, 6) is 2.20. The first-order valence-corrected chi connectivity index (χ1v) is 15.0. The second kappa shape index (κ2) is 11.9. The Morgan fingerprint density at radius 1 is 1.02 bits per heavy atom. The number of aromatic nitrogens is 2. The van der Waals surface area contributed by atoms with Gasteiger partial charge in [-0.3, -0.25) is 4.79 Å². The van der Waals surface area contributed by atoms with Crippen LogP contribution in [0.15, 0.2) is 73.1 Å². The second-order valence-electron chi connectivity index (χ2n) is 12.6. The highest BCUT2D eigenvalue weighted by Gasteiger charge is 2.54. The lowest BCUT2D eigenvalue weighted by molar-refractivity contribution is -0.0833. The van der Waals surface area contributed by atoms with Crippen LogP contribution < -0.4 is 25.3 Å². The number of hydrogen-bond donors (Lipinski definition) is 3. The molecule has 0 saturated heterocycles. The minimum absolute atomic E-state index is 0.111. The molecule has 2 saturated carbocycles. The van der Waals surface area contributed by atoms with Crippen molar-refractivity contribution in [3.05, 3.63) is 78.6 Å². The van der Waals surface area contributed by atoms with Gasteiger partial charge in [-0.05, 0) is 105 Å².